The van der Waals surface area contributed by atoms with Crippen LogP contribution < -0.4 is 10.6 Å². The van der Waals surface area contributed by atoms with Gasteiger partial charge in [0.15, 0.2) is 11.0 Å². The van der Waals surface area contributed by atoms with E-state index >= 15 is 0 Å². The Morgan fingerprint density at radius 2 is 2.27 bits per heavy atom. The van der Waals surface area contributed by atoms with Crippen LogP contribution in [0.2, 0.25) is 5.15 Å². The Labute approximate surface area is 94.5 Å². The first-order chi connectivity index (χ1) is 7.31. The van der Waals surface area contributed by atoms with Crippen LogP contribution in [0.3, 0.4) is 0 Å². The SMILES string of the molecule is CNc1c(Cl)ncnc1NCCC1CC1. The highest BCUT2D eigenvalue weighted by atomic mass is 35.5. The van der Waals surface area contributed by atoms with Crippen molar-refractivity contribution in [2.45, 2.75) is 19.3 Å². The van der Waals surface area contributed by atoms with E-state index in [1.54, 1.807) is 0 Å². The maximum Gasteiger partial charge on any atom is 0.157 e. The van der Waals surface area contributed by atoms with Gasteiger partial charge in [-0.25, -0.2) is 9.97 Å². The molecular weight excluding hydrogens is 212 g/mol. The van der Waals surface area contributed by atoms with Crippen molar-refractivity contribution in [3.63, 3.8) is 0 Å². The summed E-state index contributed by atoms with van der Waals surface area (Å²) < 4.78 is 0. The zero-order valence-corrected chi connectivity index (χ0v) is 9.51. The van der Waals surface area contributed by atoms with Crippen molar-refractivity contribution in [3.05, 3.63) is 11.5 Å². The average molecular weight is 227 g/mol. The Hall–Kier alpha value is -1.03. The highest BCUT2D eigenvalue weighted by Crippen LogP contribution is 2.32. The molecule has 4 nitrogen and oxygen atoms in total. The van der Waals surface area contributed by atoms with Crippen LogP contribution in [0.25, 0.3) is 0 Å². The molecule has 1 aromatic rings. The summed E-state index contributed by atoms with van der Waals surface area (Å²) in [7, 11) is 1.82. The average Bonchev–Trinajstić information content (AvgIpc) is 3.02. The third-order valence-corrected chi connectivity index (χ3v) is 2.88. The van der Waals surface area contributed by atoms with Gasteiger partial charge >= 0.3 is 0 Å². The first kappa shape index (κ1) is 10.5. The normalized spacial score (nSPS) is 15.1. The molecule has 1 saturated carbocycles. The van der Waals surface area contributed by atoms with Crippen molar-refractivity contribution in [2.24, 2.45) is 5.92 Å². The lowest BCUT2D eigenvalue weighted by atomic mass is 10.3. The summed E-state index contributed by atoms with van der Waals surface area (Å²) in [6.07, 6.45) is 5.45. The van der Waals surface area contributed by atoms with Crippen molar-refractivity contribution in [1.82, 2.24) is 9.97 Å². The van der Waals surface area contributed by atoms with Crippen molar-refractivity contribution in [2.75, 3.05) is 24.2 Å². The molecule has 1 aliphatic carbocycles. The molecular formula is C10H15ClN4. The Bertz CT molecular complexity index is 338. The maximum atomic E-state index is 5.93. The number of anilines is 2. The van der Waals surface area contributed by atoms with E-state index < -0.39 is 0 Å². The lowest BCUT2D eigenvalue weighted by Gasteiger charge is -2.10. The van der Waals surface area contributed by atoms with Crippen LogP contribution >= 0.6 is 11.6 Å². The van der Waals surface area contributed by atoms with Crippen molar-refractivity contribution in [3.8, 4) is 0 Å². The molecule has 0 aromatic carbocycles. The maximum absolute atomic E-state index is 5.93. The number of hydrogen-bond donors (Lipinski definition) is 2. The van der Waals surface area contributed by atoms with Gasteiger partial charge in [0.05, 0.1) is 0 Å². The third-order valence-electron chi connectivity index (χ3n) is 2.59. The molecule has 1 fully saturated rings. The lowest BCUT2D eigenvalue weighted by Crippen LogP contribution is -2.07. The van der Waals surface area contributed by atoms with Crippen LogP contribution in [0, 0.1) is 5.92 Å². The summed E-state index contributed by atoms with van der Waals surface area (Å²) in [5.41, 5.74) is 0.773. The standard InChI is InChI=1S/C10H15ClN4/c1-12-8-9(11)14-6-15-10(8)13-5-4-7-2-3-7/h6-7,12H,2-5H2,1H3,(H,13,14,15). The summed E-state index contributed by atoms with van der Waals surface area (Å²) >= 11 is 5.93. The lowest BCUT2D eigenvalue weighted by molar-refractivity contribution is 0.758. The number of nitrogens with one attached hydrogen (secondary N) is 2. The van der Waals surface area contributed by atoms with Crippen molar-refractivity contribution in [1.29, 1.82) is 0 Å². The largest absolute Gasteiger partial charge is 0.383 e. The van der Waals surface area contributed by atoms with Gasteiger partial charge in [-0.3, -0.25) is 0 Å². The van der Waals surface area contributed by atoms with Gasteiger partial charge < -0.3 is 10.6 Å². The second-order valence-corrected chi connectivity index (χ2v) is 4.15. The molecule has 0 atom stereocenters. The van der Waals surface area contributed by atoms with E-state index in [1.165, 1.54) is 25.6 Å². The molecule has 2 N–H and O–H groups in total. The van der Waals surface area contributed by atoms with Crippen LogP contribution in [-0.2, 0) is 0 Å². The van der Waals surface area contributed by atoms with Crippen LogP contribution in [-0.4, -0.2) is 23.6 Å². The molecule has 0 amide bonds. The van der Waals surface area contributed by atoms with Gasteiger partial charge in [0.1, 0.15) is 12.0 Å². The number of hydrogen-bond acceptors (Lipinski definition) is 4. The van der Waals surface area contributed by atoms with E-state index in [2.05, 4.69) is 20.6 Å². The molecule has 0 saturated heterocycles. The van der Waals surface area contributed by atoms with E-state index in [0.29, 0.717) is 5.15 Å². The van der Waals surface area contributed by atoms with Crippen molar-refractivity contribution < 1.29 is 0 Å². The van der Waals surface area contributed by atoms with Gasteiger partial charge in [-0.1, -0.05) is 24.4 Å². The van der Waals surface area contributed by atoms with Crippen LogP contribution in [0.15, 0.2) is 6.33 Å². The first-order valence-electron chi connectivity index (χ1n) is 5.23. The van der Waals surface area contributed by atoms with E-state index in [0.717, 1.165) is 24.0 Å². The number of nitrogens with zero attached hydrogens (tertiary/aromatic N) is 2. The van der Waals surface area contributed by atoms with Gasteiger partial charge in [0.2, 0.25) is 0 Å². The molecule has 5 heteroatoms. The minimum absolute atomic E-state index is 0.460. The summed E-state index contributed by atoms with van der Waals surface area (Å²) in [6.45, 7) is 0.951. The zero-order chi connectivity index (χ0) is 10.7. The fourth-order valence-electron chi connectivity index (χ4n) is 1.52. The minimum atomic E-state index is 0.460. The Balaban J connectivity index is 1.95. The Morgan fingerprint density at radius 1 is 1.47 bits per heavy atom. The number of rotatable bonds is 5. The summed E-state index contributed by atoms with van der Waals surface area (Å²) in [5.74, 6) is 1.71. The van der Waals surface area contributed by atoms with Gasteiger partial charge in [0.25, 0.3) is 0 Å². The molecule has 0 aliphatic heterocycles. The van der Waals surface area contributed by atoms with Crippen LogP contribution in [0.1, 0.15) is 19.3 Å². The molecule has 1 heterocycles. The zero-order valence-electron chi connectivity index (χ0n) is 8.76. The monoisotopic (exact) mass is 226 g/mol. The number of aromatic nitrogens is 2. The highest BCUT2D eigenvalue weighted by molar-refractivity contribution is 6.32. The summed E-state index contributed by atoms with van der Waals surface area (Å²) in [6, 6.07) is 0. The molecule has 1 aromatic heterocycles. The topological polar surface area (TPSA) is 49.8 Å². The Kier molecular flexibility index (Phi) is 3.26. The second-order valence-electron chi connectivity index (χ2n) is 3.80. The van der Waals surface area contributed by atoms with E-state index in [9.17, 15) is 0 Å². The fraction of sp³-hybridized carbons (Fsp3) is 0.600. The summed E-state index contributed by atoms with van der Waals surface area (Å²) in [5, 5.41) is 6.74. The molecule has 0 bridgehead atoms. The molecule has 82 valence electrons. The predicted octanol–water partition coefficient (Wildman–Crippen LogP) is 2.38. The second kappa shape index (κ2) is 4.66. The minimum Gasteiger partial charge on any atom is -0.383 e. The van der Waals surface area contributed by atoms with Gasteiger partial charge in [-0.15, -0.1) is 0 Å². The van der Waals surface area contributed by atoms with Gasteiger partial charge in [-0.05, 0) is 12.3 Å². The fourth-order valence-corrected chi connectivity index (χ4v) is 1.75. The van der Waals surface area contributed by atoms with Gasteiger partial charge in [0, 0.05) is 13.6 Å². The summed E-state index contributed by atoms with van der Waals surface area (Å²) in [4.78, 5) is 8.08. The third kappa shape index (κ3) is 2.72. The smallest absolute Gasteiger partial charge is 0.157 e. The molecule has 15 heavy (non-hydrogen) atoms. The highest BCUT2D eigenvalue weighted by Gasteiger charge is 2.20. The van der Waals surface area contributed by atoms with E-state index in [1.807, 2.05) is 7.05 Å². The Morgan fingerprint density at radius 3 is 2.93 bits per heavy atom. The van der Waals surface area contributed by atoms with Crippen LogP contribution in [0.5, 0.6) is 0 Å². The number of halogens is 1. The van der Waals surface area contributed by atoms with Gasteiger partial charge in [-0.2, -0.15) is 0 Å². The molecule has 0 radical (unpaired) electrons. The molecule has 0 spiro atoms. The molecule has 0 unspecified atom stereocenters. The van der Waals surface area contributed by atoms with E-state index in [4.69, 9.17) is 11.6 Å². The molecule has 1 aliphatic rings. The quantitative estimate of drug-likeness (QED) is 0.757. The van der Waals surface area contributed by atoms with Crippen LogP contribution in [0.4, 0.5) is 11.5 Å². The predicted molar refractivity (Wildman–Crippen MR) is 62.4 cm³/mol. The van der Waals surface area contributed by atoms with E-state index in [-0.39, 0.29) is 0 Å². The van der Waals surface area contributed by atoms with Crippen molar-refractivity contribution >= 4 is 23.1 Å². The first-order valence-corrected chi connectivity index (χ1v) is 5.61. The molecule has 2 rings (SSSR count).